The second-order valence-corrected chi connectivity index (χ2v) is 6.40. The predicted molar refractivity (Wildman–Crippen MR) is 96.6 cm³/mol. The van der Waals surface area contributed by atoms with Crippen LogP contribution in [-0.4, -0.2) is 77.7 Å². The quantitative estimate of drug-likeness (QED) is 0.807. The molecule has 132 valence electrons. The number of rotatable bonds is 5. The lowest BCUT2D eigenvalue weighted by Gasteiger charge is -2.32. The minimum atomic E-state index is -0.105. The molecule has 0 spiro atoms. The molecule has 1 aliphatic heterocycles. The van der Waals surface area contributed by atoms with E-state index in [-0.39, 0.29) is 5.91 Å². The fourth-order valence-electron chi connectivity index (χ4n) is 2.79. The van der Waals surface area contributed by atoms with Gasteiger partial charge in [-0.2, -0.15) is 0 Å². The molecule has 0 saturated carbocycles. The maximum atomic E-state index is 12.5. The van der Waals surface area contributed by atoms with Crippen molar-refractivity contribution in [3.05, 3.63) is 47.9 Å². The van der Waals surface area contributed by atoms with Gasteiger partial charge in [0, 0.05) is 52.2 Å². The summed E-state index contributed by atoms with van der Waals surface area (Å²) in [4.78, 5) is 22.7. The van der Waals surface area contributed by atoms with E-state index in [0.717, 1.165) is 44.0 Å². The minimum Gasteiger partial charge on any atom is -0.353 e. The van der Waals surface area contributed by atoms with Crippen LogP contribution in [0.15, 0.2) is 36.7 Å². The SMILES string of the molecule is CN1CCN(c2ccc(C(=O)N(C)CCc3ccncc3)nn2)CC1. The predicted octanol–water partition coefficient (Wildman–Crippen LogP) is 0.938. The van der Waals surface area contributed by atoms with Gasteiger partial charge in [0.1, 0.15) is 0 Å². The highest BCUT2D eigenvalue weighted by Crippen LogP contribution is 2.13. The average Bonchev–Trinajstić information content (AvgIpc) is 2.67. The molecule has 2 aromatic heterocycles. The van der Waals surface area contributed by atoms with Gasteiger partial charge in [0.25, 0.3) is 5.91 Å². The third kappa shape index (κ3) is 4.51. The van der Waals surface area contributed by atoms with Crippen LogP contribution in [0.1, 0.15) is 16.1 Å². The lowest BCUT2D eigenvalue weighted by atomic mass is 10.2. The Balaban J connectivity index is 1.56. The number of likely N-dealkylation sites (N-methyl/N-ethyl adjacent to an activating group) is 2. The molecular formula is C18H24N6O. The van der Waals surface area contributed by atoms with Crippen LogP contribution >= 0.6 is 0 Å². The molecule has 1 aliphatic rings. The second-order valence-electron chi connectivity index (χ2n) is 6.40. The molecule has 7 nitrogen and oxygen atoms in total. The van der Waals surface area contributed by atoms with Crippen molar-refractivity contribution < 1.29 is 4.79 Å². The Kier molecular flexibility index (Phi) is 5.55. The second kappa shape index (κ2) is 8.02. The van der Waals surface area contributed by atoms with Crippen molar-refractivity contribution in [1.82, 2.24) is 25.0 Å². The molecule has 0 N–H and O–H groups in total. The monoisotopic (exact) mass is 340 g/mol. The molecule has 0 bridgehead atoms. The van der Waals surface area contributed by atoms with E-state index < -0.39 is 0 Å². The third-order valence-electron chi connectivity index (χ3n) is 4.53. The molecule has 0 aliphatic carbocycles. The van der Waals surface area contributed by atoms with E-state index in [1.165, 1.54) is 0 Å². The summed E-state index contributed by atoms with van der Waals surface area (Å²) in [6, 6.07) is 7.58. The molecule has 0 radical (unpaired) electrons. The van der Waals surface area contributed by atoms with E-state index in [2.05, 4.69) is 32.0 Å². The van der Waals surface area contributed by atoms with E-state index in [0.29, 0.717) is 12.2 Å². The van der Waals surface area contributed by atoms with Crippen molar-refractivity contribution in [2.24, 2.45) is 0 Å². The van der Waals surface area contributed by atoms with Gasteiger partial charge in [0.05, 0.1) is 0 Å². The van der Waals surface area contributed by atoms with Gasteiger partial charge in [-0.1, -0.05) is 0 Å². The lowest BCUT2D eigenvalue weighted by molar-refractivity contribution is 0.0789. The standard InChI is InChI=1S/C18H24N6O/c1-22-11-13-24(14-12-22)17-4-3-16(20-21-17)18(25)23(2)10-7-15-5-8-19-9-6-15/h3-6,8-9H,7,10-14H2,1-2H3. The van der Waals surface area contributed by atoms with Crippen LogP contribution in [0.25, 0.3) is 0 Å². The molecule has 0 unspecified atom stereocenters. The van der Waals surface area contributed by atoms with Crippen molar-refractivity contribution in [3.63, 3.8) is 0 Å². The van der Waals surface area contributed by atoms with Gasteiger partial charge in [0.15, 0.2) is 11.5 Å². The summed E-state index contributed by atoms with van der Waals surface area (Å²) in [7, 11) is 3.91. The fraction of sp³-hybridized carbons (Fsp3) is 0.444. The highest BCUT2D eigenvalue weighted by molar-refractivity contribution is 5.92. The number of amides is 1. The van der Waals surface area contributed by atoms with E-state index >= 15 is 0 Å². The van der Waals surface area contributed by atoms with Crippen LogP contribution in [0.4, 0.5) is 5.82 Å². The van der Waals surface area contributed by atoms with Gasteiger partial charge >= 0.3 is 0 Å². The van der Waals surface area contributed by atoms with Gasteiger partial charge in [-0.3, -0.25) is 9.78 Å². The third-order valence-corrected chi connectivity index (χ3v) is 4.53. The number of pyridine rings is 1. The highest BCUT2D eigenvalue weighted by Gasteiger charge is 2.18. The summed E-state index contributed by atoms with van der Waals surface area (Å²) < 4.78 is 0. The summed E-state index contributed by atoms with van der Waals surface area (Å²) in [5.74, 6) is 0.732. The molecule has 2 aromatic rings. The number of hydrogen-bond acceptors (Lipinski definition) is 6. The van der Waals surface area contributed by atoms with Crippen molar-refractivity contribution in [2.75, 3.05) is 51.7 Å². The molecule has 25 heavy (non-hydrogen) atoms. The topological polar surface area (TPSA) is 65.5 Å². The molecular weight excluding hydrogens is 316 g/mol. The number of carbonyl (C=O) groups excluding carboxylic acids is 1. The van der Waals surface area contributed by atoms with Crippen LogP contribution in [0, 0.1) is 0 Å². The number of carbonyl (C=O) groups is 1. The number of aromatic nitrogens is 3. The van der Waals surface area contributed by atoms with Gasteiger partial charge in [-0.15, -0.1) is 10.2 Å². The zero-order valence-electron chi connectivity index (χ0n) is 14.8. The Morgan fingerprint density at radius 1 is 1.08 bits per heavy atom. The maximum absolute atomic E-state index is 12.5. The zero-order valence-corrected chi connectivity index (χ0v) is 14.8. The number of piperazine rings is 1. The number of hydrogen-bond donors (Lipinski definition) is 0. The summed E-state index contributed by atoms with van der Waals surface area (Å²) >= 11 is 0. The van der Waals surface area contributed by atoms with Crippen LogP contribution in [0.2, 0.25) is 0 Å². The van der Waals surface area contributed by atoms with Crippen LogP contribution < -0.4 is 4.90 Å². The zero-order chi connectivity index (χ0) is 17.6. The summed E-state index contributed by atoms with van der Waals surface area (Å²) in [6.07, 6.45) is 4.32. The Hall–Kier alpha value is -2.54. The molecule has 3 heterocycles. The van der Waals surface area contributed by atoms with Crippen LogP contribution in [-0.2, 0) is 6.42 Å². The summed E-state index contributed by atoms with van der Waals surface area (Å²) in [5.41, 5.74) is 1.54. The van der Waals surface area contributed by atoms with Crippen molar-refractivity contribution in [1.29, 1.82) is 0 Å². The fourth-order valence-corrected chi connectivity index (χ4v) is 2.79. The summed E-state index contributed by atoms with van der Waals surface area (Å²) in [5, 5.41) is 8.39. The lowest BCUT2D eigenvalue weighted by Crippen LogP contribution is -2.45. The van der Waals surface area contributed by atoms with Crippen LogP contribution in [0.3, 0.4) is 0 Å². The molecule has 1 saturated heterocycles. The van der Waals surface area contributed by atoms with Crippen molar-refractivity contribution in [2.45, 2.75) is 6.42 Å². The Morgan fingerprint density at radius 3 is 2.44 bits per heavy atom. The molecule has 1 fully saturated rings. The largest absolute Gasteiger partial charge is 0.353 e. The van der Waals surface area contributed by atoms with Crippen LogP contribution in [0.5, 0.6) is 0 Å². The van der Waals surface area contributed by atoms with Gasteiger partial charge in [-0.05, 0) is 43.3 Å². The molecule has 7 heteroatoms. The average molecular weight is 340 g/mol. The number of nitrogens with zero attached hydrogens (tertiary/aromatic N) is 6. The highest BCUT2D eigenvalue weighted by atomic mass is 16.2. The maximum Gasteiger partial charge on any atom is 0.274 e. The Labute approximate surface area is 148 Å². The van der Waals surface area contributed by atoms with Gasteiger partial charge in [0.2, 0.25) is 0 Å². The molecule has 0 atom stereocenters. The van der Waals surface area contributed by atoms with E-state index in [1.54, 1.807) is 30.4 Å². The number of anilines is 1. The van der Waals surface area contributed by atoms with E-state index in [1.807, 2.05) is 18.2 Å². The van der Waals surface area contributed by atoms with E-state index in [4.69, 9.17) is 0 Å². The molecule has 1 amide bonds. The van der Waals surface area contributed by atoms with Gasteiger partial charge in [-0.25, -0.2) is 0 Å². The first-order valence-corrected chi connectivity index (χ1v) is 8.55. The Bertz CT molecular complexity index is 682. The smallest absolute Gasteiger partial charge is 0.274 e. The van der Waals surface area contributed by atoms with Crippen molar-refractivity contribution >= 4 is 11.7 Å². The normalized spacial score (nSPS) is 15.2. The van der Waals surface area contributed by atoms with Crippen molar-refractivity contribution in [3.8, 4) is 0 Å². The van der Waals surface area contributed by atoms with Gasteiger partial charge < -0.3 is 14.7 Å². The molecule has 3 rings (SSSR count). The Morgan fingerprint density at radius 2 is 1.80 bits per heavy atom. The summed E-state index contributed by atoms with van der Waals surface area (Å²) in [6.45, 7) is 4.53. The van der Waals surface area contributed by atoms with E-state index in [9.17, 15) is 4.79 Å². The first-order valence-electron chi connectivity index (χ1n) is 8.55. The first-order chi connectivity index (χ1) is 12.1. The minimum absolute atomic E-state index is 0.105. The molecule has 0 aromatic carbocycles. The first kappa shape index (κ1) is 17.3.